The maximum absolute atomic E-state index is 12.5. The van der Waals surface area contributed by atoms with Gasteiger partial charge in [-0.2, -0.15) is 0 Å². The van der Waals surface area contributed by atoms with E-state index in [-0.39, 0.29) is 35.3 Å². The van der Waals surface area contributed by atoms with Gasteiger partial charge in [0.05, 0.1) is 5.56 Å². The molecule has 6 heteroatoms. The molecule has 20 heavy (non-hydrogen) atoms. The number of H-pyrrole nitrogens is 1. The highest BCUT2D eigenvalue weighted by Gasteiger charge is 2.35. The Balaban J connectivity index is 0.00000200. The smallest absolute Gasteiger partial charge is 0.255 e. The number of nitrogens with two attached hydrogens (primary N) is 1. The fourth-order valence-corrected chi connectivity index (χ4v) is 2.52. The van der Waals surface area contributed by atoms with Gasteiger partial charge >= 0.3 is 0 Å². The number of piperidine rings is 1. The zero-order chi connectivity index (χ0) is 14.2. The number of aryl methyl sites for hydroxylation is 1. The number of aromatic nitrogens is 1. The first-order valence-corrected chi connectivity index (χ1v) is 6.55. The van der Waals surface area contributed by atoms with Crippen LogP contribution in [0.5, 0.6) is 0 Å². The molecule has 0 aromatic carbocycles. The summed E-state index contributed by atoms with van der Waals surface area (Å²) in [7, 11) is 0. The summed E-state index contributed by atoms with van der Waals surface area (Å²) in [5.74, 6) is -0.0336. The number of aromatic amines is 1. The van der Waals surface area contributed by atoms with E-state index in [0.29, 0.717) is 24.2 Å². The minimum absolute atomic E-state index is 0. The molecule has 0 saturated carbocycles. The molecule has 3 N–H and O–H groups in total. The molecule has 0 bridgehead atoms. The molecule has 1 unspecified atom stereocenters. The molecule has 112 valence electrons. The minimum atomic E-state index is -0.185. The van der Waals surface area contributed by atoms with E-state index >= 15 is 0 Å². The highest BCUT2D eigenvalue weighted by Crippen LogP contribution is 2.28. The summed E-state index contributed by atoms with van der Waals surface area (Å²) >= 11 is 0. The van der Waals surface area contributed by atoms with Gasteiger partial charge in [-0.1, -0.05) is 13.8 Å². The first-order chi connectivity index (χ1) is 8.81. The van der Waals surface area contributed by atoms with Gasteiger partial charge in [-0.05, 0) is 24.3 Å². The van der Waals surface area contributed by atoms with Crippen LogP contribution in [0.15, 0.2) is 17.1 Å². The second-order valence-corrected chi connectivity index (χ2v) is 6.00. The fraction of sp³-hybridized carbons (Fsp3) is 0.571. The van der Waals surface area contributed by atoms with Crippen molar-refractivity contribution in [3.05, 3.63) is 33.7 Å². The molecule has 1 amide bonds. The molecule has 0 aliphatic carbocycles. The summed E-state index contributed by atoms with van der Waals surface area (Å²) in [6.07, 6.45) is 2.31. The third kappa shape index (κ3) is 3.22. The van der Waals surface area contributed by atoms with Crippen molar-refractivity contribution in [3.8, 4) is 0 Å². The monoisotopic (exact) mass is 299 g/mol. The number of halogens is 1. The lowest BCUT2D eigenvalue weighted by atomic mass is 9.79. The highest BCUT2D eigenvalue weighted by atomic mass is 35.5. The first kappa shape index (κ1) is 16.7. The van der Waals surface area contributed by atoms with Gasteiger partial charge in [0.25, 0.3) is 5.91 Å². The van der Waals surface area contributed by atoms with Crippen molar-refractivity contribution in [3.63, 3.8) is 0 Å². The van der Waals surface area contributed by atoms with Crippen LogP contribution in [-0.4, -0.2) is 34.9 Å². The topological polar surface area (TPSA) is 79.2 Å². The second-order valence-electron chi connectivity index (χ2n) is 6.00. The van der Waals surface area contributed by atoms with Gasteiger partial charge in [-0.15, -0.1) is 12.4 Å². The largest absolute Gasteiger partial charge is 0.338 e. The number of nitrogens with zero attached hydrogens (tertiary/aromatic N) is 1. The summed E-state index contributed by atoms with van der Waals surface area (Å²) in [4.78, 5) is 28.1. The molecule has 1 atom stereocenters. The van der Waals surface area contributed by atoms with Crippen LogP contribution < -0.4 is 11.3 Å². The minimum Gasteiger partial charge on any atom is -0.338 e. The van der Waals surface area contributed by atoms with Crippen molar-refractivity contribution in [2.24, 2.45) is 11.1 Å². The van der Waals surface area contributed by atoms with Crippen molar-refractivity contribution >= 4 is 18.3 Å². The number of nitrogens with one attached hydrogen (secondary N) is 1. The number of carbonyl (C=O) groups excluding carboxylic acids is 1. The Morgan fingerprint density at radius 3 is 2.70 bits per heavy atom. The third-order valence-corrected chi connectivity index (χ3v) is 3.96. The predicted molar refractivity (Wildman–Crippen MR) is 81.3 cm³/mol. The van der Waals surface area contributed by atoms with E-state index in [1.807, 2.05) is 4.90 Å². The van der Waals surface area contributed by atoms with Crippen LogP contribution in [0.4, 0.5) is 0 Å². The average Bonchev–Trinajstić information content (AvgIpc) is 2.32. The molecule has 1 aromatic rings. The molecule has 1 fully saturated rings. The summed E-state index contributed by atoms with van der Waals surface area (Å²) in [6, 6.07) is 1.57. The van der Waals surface area contributed by atoms with Gasteiger partial charge in [-0.25, -0.2) is 0 Å². The van der Waals surface area contributed by atoms with Gasteiger partial charge in [0.15, 0.2) is 0 Å². The second kappa shape index (κ2) is 5.97. The van der Waals surface area contributed by atoms with Crippen LogP contribution >= 0.6 is 12.4 Å². The number of pyridine rings is 1. The Labute approximate surface area is 125 Å². The predicted octanol–water partition coefficient (Wildman–Crippen LogP) is 1.30. The molecule has 1 aromatic heterocycles. The number of amides is 1. The molecular formula is C14H22ClN3O2. The Morgan fingerprint density at radius 2 is 2.15 bits per heavy atom. The van der Waals surface area contributed by atoms with Crippen LogP contribution in [0.1, 0.15) is 36.2 Å². The normalized spacial score (nSPS) is 21.2. The van der Waals surface area contributed by atoms with E-state index in [9.17, 15) is 9.59 Å². The Bertz CT molecular complexity index is 554. The maximum Gasteiger partial charge on any atom is 0.255 e. The summed E-state index contributed by atoms with van der Waals surface area (Å²) in [6.45, 7) is 7.25. The fourth-order valence-electron chi connectivity index (χ4n) is 2.52. The quantitative estimate of drug-likeness (QED) is 0.820. The van der Waals surface area contributed by atoms with Crippen molar-refractivity contribution < 1.29 is 4.79 Å². The van der Waals surface area contributed by atoms with E-state index in [4.69, 9.17) is 5.73 Å². The van der Waals surface area contributed by atoms with Crippen LogP contribution in [0.2, 0.25) is 0 Å². The zero-order valence-corrected chi connectivity index (χ0v) is 12.9. The summed E-state index contributed by atoms with van der Waals surface area (Å²) in [5, 5.41) is 0. The maximum atomic E-state index is 12.5. The third-order valence-electron chi connectivity index (χ3n) is 3.96. The molecule has 2 heterocycles. The zero-order valence-electron chi connectivity index (χ0n) is 12.1. The van der Waals surface area contributed by atoms with Crippen molar-refractivity contribution in [1.29, 1.82) is 0 Å². The highest BCUT2D eigenvalue weighted by molar-refractivity contribution is 5.95. The van der Waals surface area contributed by atoms with E-state index < -0.39 is 0 Å². The lowest BCUT2D eigenvalue weighted by Gasteiger charge is -2.42. The van der Waals surface area contributed by atoms with Gasteiger partial charge in [0.2, 0.25) is 5.56 Å². The van der Waals surface area contributed by atoms with E-state index in [2.05, 4.69) is 18.8 Å². The Kier molecular flexibility index (Phi) is 5.00. The SMILES string of the molecule is Cc1cc(=O)[nH]cc1C(=O)N1CCC(N)C(C)(C)C1.Cl. The summed E-state index contributed by atoms with van der Waals surface area (Å²) < 4.78 is 0. The van der Waals surface area contributed by atoms with E-state index in [1.165, 1.54) is 12.3 Å². The molecule has 0 radical (unpaired) electrons. The number of likely N-dealkylation sites (tertiary alicyclic amines) is 1. The first-order valence-electron chi connectivity index (χ1n) is 6.55. The van der Waals surface area contributed by atoms with Crippen LogP contribution in [0, 0.1) is 12.3 Å². The summed E-state index contributed by atoms with van der Waals surface area (Å²) in [5.41, 5.74) is 7.08. The molecule has 2 rings (SSSR count). The van der Waals surface area contributed by atoms with Gasteiger partial charge < -0.3 is 15.6 Å². The van der Waals surface area contributed by atoms with E-state index in [1.54, 1.807) is 6.92 Å². The van der Waals surface area contributed by atoms with Crippen LogP contribution in [-0.2, 0) is 0 Å². The molecule has 1 aliphatic rings. The average molecular weight is 300 g/mol. The molecule has 1 saturated heterocycles. The van der Waals surface area contributed by atoms with E-state index in [0.717, 1.165) is 6.42 Å². The Hall–Kier alpha value is -1.33. The molecule has 1 aliphatic heterocycles. The van der Waals surface area contributed by atoms with Gasteiger partial charge in [-0.3, -0.25) is 9.59 Å². The van der Waals surface area contributed by atoms with Gasteiger partial charge in [0, 0.05) is 31.4 Å². The number of carbonyl (C=O) groups is 1. The number of rotatable bonds is 1. The number of hydrogen-bond donors (Lipinski definition) is 2. The van der Waals surface area contributed by atoms with Gasteiger partial charge in [0.1, 0.15) is 0 Å². The standard InChI is InChI=1S/C14H21N3O2.ClH/c1-9-6-12(18)16-7-10(9)13(19)17-5-4-11(15)14(2,3)8-17;/h6-7,11H,4-5,8,15H2,1-3H3,(H,16,18);1H. The van der Waals surface area contributed by atoms with Crippen LogP contribution in [0.3, 0.4) is 0 Å². The van der Waals surface area contributed by atoms with Crippen LogP contribution in [0.25, 0.3) is 0 Å². The lowest BCUT2D eigenvalue weighted by molar-refractivity contribution is 0.0532. The molecular weight excluding hydrogens is 278 g/mol. The number of hydrogen-bond acceptors (Lipinski definition) is 3. The Morgan fingerprint density at radius 1 is 1.50 bits per heavy atom. The molecule has 5 nitrogen and oxygen atoms in total. The lowest BCUT2D eigenvalue weighted by Crippen LogP contribution is -2.54. The van der Waals surface area contributed by atoms with Crippen molar-refractivity contribution in [1.82, 2.24) is 9.88 Å². The van der Waals surface area contributed by atoms with Crippen molar-refractivity contribution in [2.75, 3.05) is 13.1 Å². The molecule has 0 spiro atoms. The van der Waals surface area contributed by atoms with Crippen molar-refractivity contribution in [2.45, 2.75) is 33.2 Å².